The molecule has 0 aliphatic heterocycles. The van der Waals surface area contributed by atoms with Gasteiger partial charge in [-0.05, 0) is 29.7 Å². The van der Waals surface area contributed by atoms with E-state index in [0.717, 1.165) is 18.8 Å². The van der Waals surface area contributed by atoms with Gasteiger partial charge in [0.25, 0.3) is 0 Å². The highest BCUT2D eigenvalue weighted by molar-refractivity contribution is 5.39. The van der Waals surface area contributed by atoms with E-state index in [1.165, 1.54) is 17.5 Å². The summed E-state index contributed by atoms with van der Waals surface area (Å²) < 4.78 is 5.72. The van der Waals surface area contributed by atoms with Gasteiger partial charge < -0.3 is 4.74 Å². The van der Waals surface area contributed by atoms with E-state index in [4.69, 9.17) is 4.74 Å². The molecule has 0 N–H and O–H groups in total. The van der Waals surface area contributed by atoms with Crippen LogP contribution in [0.4, 0.5) is 0 Å². The van der Waals surface area contributed by atoms with E-state index in [9.17, 15) is 0 Å². The largest absolute Gasteiger partial charge is 0.494 e. The molecule has 1 heteroatoms. The van der Waals surface area contributed by atoms with E-state index < -0.39 is 0 Å². The predicted octanol–water partition coefficient (Wildman–Crippen LogP) is 5.19. The molecule has 0 aliphatic carbocycles. The molecule has 1 nitrogen and oxygen atoms in total. The predicted molar refractivity (Wildman–Crippen MR) is 85.4 cm³/mol. The molecule has 0 atom stereocenters. The van der Waals surface area contributed by atoms with Crippen LogP contribution in [-0.4, -0.2) is 6.61 Å². The molecule has 0 unspecified atom stereocenters. The summed E-state index contributed by atoms with van der Waals surface area (Å²) in [5.41, 5.74) is 2.66. The zero-order chi connectivity index (χ0) is 14.4. The third-order valence-electron chi connectivity index (χ3n) is 3.84. The molecule has 0 bridgehead atoms. The van der Waals surface area contributed by atoms with Gasteiger partial charge in [0.05, 0.1) is 6.61 Å². The fourth-order valence-corrected chi connectivity index (χ4v) is 2.32. The average molecular weight is 268 g/mol. The summed E-state index contributed by atoms with van der Waals surface area (Å²) in [7, 11) is 0. The van der Waals surface area contributed by atoms with Gasteiger partial charge in [-0.3, -0.25) is 0 Å². The van der Waals surface area contributed by atoms with Crippen LogP contribution in [0.1, 0.15) is 44.7 Å². The third kappa shape index (κ3) is 3.41. The van der Waals surface area contributed by atoms with E-state index >= 15 is 0 Å². The normalized spacial score (nSPS) is 11.3. The van der Waals surface area contributed by atoms with Crippen molar-refractivity contribution in [2.45, 2.75) is 39.0 Å². The summed E-state index contributed by atoms with van der Waals surface area (Å²) in [4.78, 5) is 0. The van der Waals surface area contributed by atoms with Crippen molar-refractivity contribution < 1.29 is 4.74 Å². The Morgan fingerprint density at radius 1 is 0.850 bits per heavy atom. The molecule has 0 radical (unpaired) electrons. The summed E-state index contributed by atoms with van der Waals surface area (Å²) in [6.45, 7) is 7.50. The van der Waals surface area contributed by atoms with Gasteiger partial charge in [0.15, 0.2) is 0 Å². The lowest BCUT2D eigenvalue weighted by atomic mass is 9.78. The van der Waals surface area contributed by atoms with E-state index in [1.54, 1.807) is 0 Å². The van der Waals surface area contributed by atoms with Crippen molar-refractivity contribution in [3.63, 3.8) is 0 Å². The maximum absolute atomic E-state index is 5.72. The Labute approximate surface area is 122 Å². The summed E-state index contributed by atoms with van der Waals surface area (Å²) >= 11 is 0. The molecule has 0 saturated carbocycles. The number of hydrogen-bond donors (Lipinski definition) is 0. The molecule has 0 aliphatic rings. The SMILES string of the molecule is CCCCOc1ccc(C(C)(C)c2ccccc2)cc1. The number of ether oxygens (including phenoxy) is 1. The zero-order valence-corrected chi connectivity index (χ0v) is 12.7. The first kappa shape index (κ1) is 14.6. The van der Waals surface area contributed by atoms with Crippen LogP contribution in [0.3, 0.4) is 0 Å². The maximum Gasteiger partial charge on any atom is 0.119 e. The van der Waals surface area contributed by atoms with Crippen molar-refractivity contribution in [3.8, 4) is 5.75 Å². The van der Waals surface area contributed by atoms with Gasteiger partial charge in [-0.15, -0.1) is 0 Å². The van der Waals surface area contributed by atoms with E-state index in [-0.39, 0.29) is 5.41 Å². The molecule has 0 fully saturated rings. The average Bonchev–Trinajstić information content (AvgIpc) is 2.49. The molecular formula is C19H24O. The Kier molecular flexibility index (Phi) is 4.84. The molecule has 106 valence electrons. The van der Waals surface area contributed by atoms with Crippen LogP contribution in [0.25, 0.3) is 0 Å². The van der Waals surface area contributed by atoms with Gasteiger partial charge in [0, 0.05) is 5.41 Å². The quantitative estimate of drug-likeness (QED) is 0.655. The lowest BCUT2D eigenvalue weighted by molar-refractivity contribution is 0.309. The smallest absolute Gasteiger partial charge is 0.119 e. The molecular weight excluding hydrogens is 244 g/mol. The minimum absolute atomic E-state index is 0.0171. The van der Waals surface area contributed by atoms with Crippen molar-refractivity contribution in [2.24, 2.45) is 0 Å². The fourth-order valence-electron chi connectivity index (χ4n) is 2.32. The van der Waals surface area contributed by atoms with Crippen LogP contribution in [0.15, 0.2) is 54.6 Å². The number of unbranched alkanes of at least 4 members (excludes halogenated alkanes) is 1. The minimum atomic E-state index is 0.0171. The van der Waals surface area contributed by atoms with Crippen LogP contribution in [0, 0.1) is 0 Å². The first-order chi connectivity index (χ1) is 9.64. The second-order valence-electron chi connectivity index (χ2n) is 5.72. The summed E-state index contributed by atoms with van der Waals surface area (Å²) in [6.07, 6.45) is 2.27. The number of rotatable bonds is 6. The van der Waals surface area contributed by atoms with Gasteiger partial charge in [0.1, 0.15) is 5.75 Å². The molecule has 0 aromatic heterocycles. The topological polar surface area (TPSA) is 9.23 Å². The first-order valence-electron chi connectivity index (χ1n) is 7.43. The van der Waals surface area contributed by atoms with Crippen molar-refractivity contribution in [1.29, 1.82) is 0 Å². The lowest BCUT2D eigenvalue weighted by Gasteiger charge is -2.26. The van der Waals surface area contributed by atoms with E-state index in [1.807, 2.05) is 0 Å². The monoisotopic (exact) mass is 268 g/mol. The minimum Gasteiger partial charge on any atom is -0.494 e. The molecule has 2 rings (SSSR count). The molecule has 0 amide bonds. The molecule has 0 saturated heterocycles. The lowest BCUT2D eigenvalue weighted by Crippen LogP contribution is -2.18. The number of benzene rings is 2. The standard InChI is InChI=1S/C19H24O/c1-4-5-15-20-18-13-11-17(12-14-18)19(2,3)16-9-7-6-8-10-16/h6-14H,4-5,15H2,1-3H3. The Morgan fingerprint density at radius 2 is 1.45 bits per heavy atom. The molecule has 2 aromatic rings. The van der Waals surface area contributed by atoms with Crippen LogP contribution in [-0.2, 0) is 5.41 Å². The maximum atomic E-state index is 5.72. The van der Waals surface area contributed by atoms with Gasteiger partial charge >= 0.3 is 0 Å². The second-order valence-corrected chi connectivity index (χ2v) is 5.72. The molecule has 0 spiro atoms. The Morgan fingerprint density at radius 3 is 2.05 bits per heavy atom. The highest BCUT2D eigenvalue weighted by Crippen LogP contribution is 2.32. The van der Waals surface area contributed by atoms with Gasteiger partial charge in [-0.2, -0.15) is 0 Å². The van der Waals surface area contributed by atoms with Gasteiger partial charge in [-0.25, -0.2) is 0 Å². The van der Waals surface area contributed by atoms with Crippen molar-refractivity contribution in [1.82, 2.24) is 0 Å². The van der Waals surface area contributed by atoms with Crippen LogP contribution in [0.5, 0.6) is 5.75 Å². The Balaban J connectivity index is 2.13. The fraction of sp³-hybridized carbons (Fsp3) is 0.368. The highest BCUT2D eigenvalue weighted by atomic mass is 16.5. The number of hydrogen-bond acceptors (Lipinski definition) is 1. The molecule has 2 aromatic carbocycles. The van der Waals surface area contributed by atoms with Crippen molar-refractivity contribution in [2.75, 3.05) is 6.61 Å². The van der Waals surface area contributed by atoms with Crippen LogP contribution >= 0.6 is 0 Å². The highest BCUT2D eigenvalue weighted by Gasteiger charge is 2.22. The van der Waals surface area contributed by atoms with Crippen molar-refractivity contribution in [3.05, 3.63) is 65.7 Å². The summed E-state index contributed by atoms with van der Waals surface area (Å²) in [5.74, 6) is 0.964. The van der Waals surface area contributed by atoms with Gasteiger partial charge in [0.2, 0.25) is 0 Å². The third-order valence-corrected chi connectivity index (χ3v) is 3.84. The van der Waals surface area contributed by atoms with E-state index in [0.29, 0.717) is 0 Å². The van der Waals surface area contributed by atoms with E-state index in [2.05, 4.69) is 75.4 Å². The molecule has 0 heterocycles. The van der Waals surface area contributed by atoms with Gasteiger partial charge in [-0.1, -0.05) is 69.7 Å². The summed E-state index contributed by atoms with van der Waals surface area (Å²) in [5, 5.41) is 0. The first-order valence-corrected chi connectivity index (χ1v) is 7.43. The van der Waals surface area contributed by atoms with Crippen LogP contribution in [0.2, 0.25) is 0 Å². The second kappa shape index (κ2) is 6.60. The molecule has 20 heavy (non-hydrogen) atoms. The van der Waals surface area contributed by atoms with Crippen LogP contribution < -0.4 is 4.74 Å². The van der Waals surface area contributed by atoms with Crippen molar-refractivity contribution >= 4 is 0 Å². The summed E-state index contributed by atoms with van der Waals surface area (Å²) in [6, 6.07) is 19.1. The Hall–Kier alpha value is -1.76. The Bertz CT molecular complexity index is 511. The zero-order valence-electron chi connectivity index (χ0n) is 12.7.